The number of hydrogen-bond acceptors (Lipinski definition) is 8. The molecule has 0 spiro atoms. The summed E-state index contributed by atoms with van der Waals surface area (Å²) in [6.45, 7) is 1.73. The lowest BCUT2D eigenvalue weighted by atomic mass is 9.75. The zero-order chi connectivity index (χ0) is 25.4. The Morgan fingerprint density at radius 1 is 1.17 bits per heavy atom. The summed E-state index contributed by atoms with van der Waals surface area (Å²) < 4.78 is 6.63. The molecule has 1 aliphatic carbocycles. The van der Waals surface area contributed by atoms with Gasteiger partial charge in [0.25, 0.3) is 5.78 Å². The Labute approximate surface area is 208 Å². The van der Waals surface area contributed by atoms with E-state index in [-0.39, 0.29) is 25.4 Å². The van der Waals surface area contributed by atoms with Gasteiger partial charge in [-0.2, -0.15) is 9.61 Å². The maximum atomic E-state index is 12.5. The zero-order valence-electron chi connectivity index (χ0n) is 20.6. The summed E-state index contributed by atoms with van der Waals surface area (Å²) in [5, 5.41) is 16.5. The molecule has 0 radical (unpaired) electrons. The second-order valence-corrected chi connectivity index (χ2v) is 9.50. The number of ether oxygens (including phenoxy) is 1. The standard InChI is InChI=1S/C27H29N5O4/c1-4-36-26(34)24(33)27(35)11-9-17(10-12-27)22-14-23(31(2)3)32-25(30-22)20(16-29-32)19-13-18-7-5-6-8-21(18)28-15-19/h5-8,13-17,35H,4,9-12H2,1-3H3. The first-order valence-electron chi connectivity index (χ1n) is 12.2. The van der Waals surface area contributed by atoms with Gasteiger partial charge in [0.1, 0.15) is 11.4 Å². The van der Waals surface area contributed by atoms with Crippen LogP contribution < -0.4 is 4.90 Å². The molecule has 1 fully saturated rings. The van der Waals surface area contributed by atoms with Gasteiger partial charge in [-0.25, -0.2) is 9.78 Å². The predicted octanol–water partition coefficient (Wildman–Crippen LogP) is 3.53. The van der Waals surface area contributed by atoms with Crippen LogP contribution in [0.15, 0.2) is 48.8 Å². The third kappa shape index (κ3) is 4.19. The Morgan fingerprint density at radius 3 is 2.64 bits per heavy atom. The highest BCUT2D eigenvalue weighted by atomic mass is 16.5. The molecular formula is C27H29N5O4. The number of nitrogens with zero attached hydrogens (tertiary/aromatic N) is 5. The van der Waals surface area contributed by atoms with Crippen molar-refractivity contribution in [3.05, 3.63) is 54.5 Å². The van der Waals surface area contributed by atoms with Crippen molar-refractivity contribution < 1.29 is 19.4 Å². The second kappa shape index (κ2) is 9.31. The normalized spacial score (nSPS) is 19.9. The molecule has 0 bridgehead atoms. The van der Waals surface area contributed by atoms with E-state index in [1.807, 2.05) is 66.2 Å². The lowest BCUT2D eigenvalue weighted by Gasteiger charge is -2.34. The number of aliphatic hydroxyl groups is 1. The van der Waals surface area contributed by atoms with E-state index in [1.54, 1.807) is 6.92 Å². The zero-order valence-corrected chi connectivity index (χ0v) is 20.6. The number of para-hydroxylation sites is 1. The highest BCUT2D eigenvalue weighted by Crippen LogP contribution is 2.39. The minimum atomic E-state index is -1.68. The largest absolute Gasteiger partial charge is 0.460 e. The molecule has 1 saturated carbocycles. The molecule has 36 heavy (non-hydrogen) atoms. The van der Waals surface area contributed by atoms with Crippen LogP contribution in [-0.2, 0) is 14.3 Å². The summed E-state index contributed by atoms with van der Waals surface area (Å²) in [7, 11) is 3.91. The number of aromatic nitrogens is 4. The number of anilines is 1. The van der Waals surface area contributed by atoms with Crippen LogP contribution in [0.1, 0.15) is 44.2 Å². The number of fused-ring (bicyclic) bond motifs is 2. The molecule has 186 valence electrons. The molecule has 5 rings (SSSR count). The summed E-state index contributed by atoms with van der Waals surface area (Å²) >= 11 is 0. The molecule has 0 saturated heterocycles. The maximum Gasteiger partial charge on any atom is 0.377 e. The third-order valence-electron chi connectivity index (χ3n) is 6.95. The van der Waals surface area contributed by atoms with Crippen LogP contribution >= 0.6 is 0 Å². The minimum absolute atomic E-state index is 0.0291. The van der Waals surface area contributed by atoms with Gasteiger partial charge in [0.05, 0.1) is 18.3 Å². The SMILES string of the molecule is CCOC(=O)C(=O)C1(O)CCC(c2cc(N(C)C)n3ncc(-c4cnc5ccccc5c4)c3n2)CC1. The number of rotatable bonds is 6. The van der Waals surface area contributed by atoms with E-state index in [4.69, 9.17) is 9.72 Å². The molecule has 0 aliphatic heterocycles. The molecule has 1 N–H and O–H groups in total. The van der Waals surface area contributed by atoms with E-state index in [2.05, 4.69) is 16.1 Å². The molecule has 9 heteroatoms. The van der Waals surface area contributed by atoms with Crippen molar-refractivity contribution in [2.75, 3.05) is 25.6 Å². The smallest absolute Gasteiger partial charge is 0.377 e. The van der Waals surface area contributed by atoms with Gasteiger partial charge in [0.15, 0.2) is 5.65 Å². The first-order chi connectivity index (χ1) is 17.3. The van der Waals surface area contributed by atoms with Crippen molar-refractivity contribution in [1.29, 1.82) is 0 Å². The molecule has 4 aromatic rings. The summed E-state index contributed by atoms with van der Waals surface area (Å²) in [5.74, 6) is -0.928. The number of esters is 1. The molecular weight excluding hydrogens is 458 g/mol. The van der Waals surface area contributed by atoms with Crippen LogP contribution in [-0.4, -0.2) is 62.7 Å². The highest BCUT2D eigenvalue weighted by Gasteiger charge is 2.44. The molecule has 1 aliphatic rings. The summed E-state index contributed by atoms with van der Waals surface area (Å²) in [6, 6.07) is 12.1. The van der Waals surface area contributed by atoms with Gasteiger partial charge < -0.3 is 14.7 Å². The molecule has 0 atom stereocenters. The molecule has 1 aromatic carbocycles. The van der Waals surface area contributed by atoms with Crippen molar-refractivity contribution >= 4 is 34.1 Å². The van der Waals surface area contributed by atoms with Crippen LogP contribution in [0.3, 0.4) is 0 Å². The lowest BCUT2D eigenvalue weighted by Crippen LogP contribution is -2.46. The summed E-state index contributed by atoms with van der Waals surface area (Å²) in [5.41, 5.74) is 2.63. The molecule has 3 heterocycles. The van der Waals surface area contributed by atoms with Crippen molar-refractivity contribution in [1.82, 2.24) is 19.6 Å². The fraction of sp³-hybridized carbons (Fsp3) is 0.370. The van der Waals surface area contributed by atoms with Crippen LogP contribution in [0.4, 0.5) is 5.82 Å². The van der Waals surface area contributed by atoms with Gasteiger partial charge >= 0.3 is 5.97 Å². The fourth-order valence-electron chi connectivity index (χ4n) is 4.92. The van der Waals surface area contributed by atoms with Gasteiger partial charge in [0, 0.05) is 54.5 Å². The average Bonchev–Trinajstić information content (AvgIpc) is 3.32. The number of pyridine rings is 1. The first kappa shape index (κ1) is 23.9. The van der Waals surface area contributed by atoms with Gasteiger partial charge in [-0.1, -0.05) is 18.2 Å². The van der Waals surface area contributed by atoms with Crippen LogP contribution in [0.25, 0.3) is 27.7 Å². The van der Waals surface area contributed by atoms with Gasteiger partial charge in [-0.3, -0.25) is 9.78 Å². The molecule has 0 amide bonds. The van der Waals surface area contributed by atoms with Crippen molar-refractivity contribution in [2.45, 2.75) is 44.1 Å². The van der Waals surface area contributed by atoms with Crippen molar-refractivity contribution in [3.8, 4) is 11.1 Å². The van der Waals surface area contributed by atoms with Crippen LogP contribution in [0.5, 0.6) is 0 Å². The highest BCUT2D eigenvalue weighted by molar-refractivity contribution is 6.36. The van der Waals surface area contributed by atoms with E-state index in [0.717, 1.165) is 39.2 Å². The molecule has 9 nitrogen and oxygen atoms in total. The minimum Gasteiger partial charge on any atom is -0.460 e. The maximum absolute atomic E-state index is 12.5. The average molecular weight is 488 g/mol. The molecule has 0 unspecified atom stereocenters. The van der Waals surface area contributed by atoms with Gasteiger partial charge in [0.2, 0.25) is 0 Å². The van der Waals surface area contributed by atoms with E-state index in [9.17, 15) is 14.7 Å². The van der Waals surface area contributed by atoms with Crippen molar-refractivity contribution in [3.63, 3.8) is 0 Å². The Morgan fingerprint density at radius 2 is 1.92 bits per heavy atom. The predicted molar refractivity (Wildman–Crippen MR) is 136 cm³/mol. The topological polar surface area (TPSA) is 110 Å². The van der Waals surface area contributed by atoms with Crippen LogP contribution in [0, 0.1) is 0 Å². The number of hydrogen-bond donors (Lipinski definition) is 1. The summed E-state index contributed by atoms with van der Waals surface area (Å²) in [4.78, 5) is 36.0. The number of carbonyl (C=O) groups is 2. The number of Topliss-reactive ketones (excluding diaryl/α,β-unsaturated/α-hetero) is 1. The quantitative estimate of drug-likeness (QED) is 0.325. The van der Waals surface area contributed by atoms with E-state index in [0.29, 0.717) is 12.8 Å². The van der Waals surface area contributed by atoms with Gasteiger partial charge in [-0.15, -0.1) is 0 Å². The van der Waals surface area contributed by atoms with Crippen LogP contribution in [0.2, 0.25) is 0 Å². The van der Waals surface area contributed by atoms with E-state index >= 15 is 0 Å². The number of benzene rings is 1. The molecule has 3 aromatic heterocycles. The third-order valence-corrected chi connectivity index (χ3v) is 6.95. The Balaban J connectivity index is 1.49. The summed E-state index contributed by atoms with van der Waals surface area (Å²) in [6.07, 6.45) is 5.06. The lowest BCUT2D eigenvalue weighted by molar-refractivity contribution is -0.164. The Hall–Kier alpha value is -3.85. The Kier molecular flexibility index (Phi) is 6.17. The van der Waals surface area contributed by atoms with E-state index < -0.39 is 17.4 Å². The number of ketones is 1. The Bertz CT molecular complexity index is 1450. The first-order valence-corrected chi connectivity index (χ1v) is 12.2. The van der Waals surface area contributed by atoms with Crippen molar-refractivity contribution in [2.24, 2.45) is 0 Å². The second-order valence-electron chi connectivity index (χ2n) is 9.50. The fourth-order valence-corrected chi connectivity index (χ4v) is 4.92. The monoisotopic (exact) mass is 487 g/mol. The number of carbonyl (C=O) groups excluding carboxylic acids is 2. The van der Waals surface area contributed by atoms with E-state index in [1.165, 1.54) is 0 Å². The van der Waals surface area contributed by atoms with Gasteiger partial charge in [-0.05, 0) is 44.7 Å².